The molecule has 0 fully saturated rings. The Bertz CT molecular complexity index is 1090. The van der Waals surface area contributed by atoms with Gasteiger partial charge in [0.1, 0.15) is 5.75 Å². The maximum Gasteiger partial charge on any atom is 0.343 e. The molecule has 0 unspecified atom stereocenters. The summed E-state index contributed by atoms with van der Waals surface area (Å²) in [6, 6.07) is 18.0. The second kappa shape index (κ2) is 9.44. The van der Waals surface area contributed by atoms with Crippen molar-refractivity contribution in [2.75, 3.05) is 0 Å². The van der Waals surface area contributed by atoms with Crippen LogP contribution in [0.15, 0.2) is 77.9 Å². The van der Waals surface area contributed by atoms with Gasteiger partial charge in [0.2, 0.25) is 0 Å². The highest BCUT2D eigenvalue weighted by atomic mass is 35.5. The number of benzene rings is 3. The monoisotopic (exact) mass is 423 g/mol. The molecule has 0 aliphatic rings. The van der Waals surface area contributed by atoms with Crippen molar-refractivity contribution < 1.29 is 19.2 Å². The number of nitrogens with zero attached hydrogens (tertiary/aromatic N) is 2. The van der Waals surface area contributed by atoms with Gasteiger partial charge in [0.25, 0.3) is 11.6 Å². The van der Waals surface area contributed by atoms with E-state index in [0.717, 1.165) is 0 Å². The number of non-ortho nitro benzene ring substituents is 1. The van der Waals surface area contributed by atoms with Crippen LogP contribution in [0, 0.1) is 10.1 Å². The molecule has 150 valence electrons. The maximum absolute atomic E-state index is 12.1. The van der Waals surface area contributed by atoms with Gasteiger partial charge in [0, 0.05) is 22.7 Å². The van der Waals surface area contributed by atoms with Gasteiger partial charge in [-0.3, -0.25) is 14.9 Å². The van der Waals surface area contributed by atoms with Crippen LogP contribution in [0.4, 0.5) is 5.69 Å². The normalized spacial score (nSPS) is 10.6. The number of rotatable bonds is 6. The number of amides is 1. The summed E-state index contributed by atoms with van der Waals surface area (Å²) in [6.07, 6.45) is 1.41. The number of carbonyl (C=O) groups is 2. The molecule has 9 heteroatoms. The van der Waals surface area contributed by atoms with Crippen LogP contribution in [-0.2, 0) is 0 Å². The zero-order valence-corrected chi connectivity index (χ0v) is 16.1. The van der Waals surface area contributed by atoms with Gasteiger partial charge < -0.3 is 4.74 Å². The quantitative estimate of drug-likeness (QED) is 0.210. The van der Waals surface area contributed by atoms with E-state index in [9.17, 15) is 19.7 Å². The molecule has 0 aromatic heterocycles. The van der Waals surface area contributed by atoms with Gasteiger partial charge in [-0.25, -0.2) is 10.2 Å². The van der Waals surface area contributed by atoms with Crippen LogP contribution in [0.5, 0.6) is 5.75 Å². The lowest BCUT2D eigenvalue weighted by Crippen LogP contribution is -2.17. The van der Waals surface area contributed by atoms with E-state index in [1.807, 2.05) is 0 Å². The highest BCUT2D eigenvalue weighted by molar-refractivity contribution is 6.30. The van der Waals surface area contributed by atoms with Gasteiger partial charge >= 0.3 is 5.97 Å². The number of esters is 1. The van der Waals surface area contributed by atoms with Gasteiger partial charge in [-0.15, -0.1) is 0 Å². The summed E-state index contributed by atoms with van der Waals surface area (Å²) in [5.41, 5.74) is 3.50. The van der Waals surface area contributed by atoms with Crippen molar-refractivity contribution in [3.63, 3.8) is 0 Å². The van der Waals surface area contributed by atoms with Crippen LogP contribution < -0.4 is 10.2 Å². The lowest BCUT2D eigenvalue weighted by Gasteiger charge is -2.04. The SMILES string of the molecule is O=C(NN=Cc1ccc(OC(=O)c2ccc(Cl)cc2)cc1)c1ccc([N+](=O)[O-])cc1. The molecule has 0 aliphatic carbocycles. The first-order chi connectivity index (χ1) is 14.4. The Morgan fingerprint density at radius 1 is 0.933 bits per heavy atom. The zero-order chi connectivity index (χ0) is 21.5. The van der Waals surface area contributed by atoms with Gasteiger partial charge in [-0.2, -0.15) is 5.10 Å². The van der Waals surface area contributed by atoms with Gasteiger partial charge in [0.15, 0.2) is 0 Å². The first-order valence-corrected chi connectivity index (χ1v) is 8.96. The number of nitro groups is 1. The molecule has 1 N–H and O–H groups in total. The molecule has 3 aromatic carbocycles. The largest absolute Gasteiger partial charge is 0.423 e. The smallest absolute Gasteiger partial charge is 0.343 e. The van der Waals surface area contributed by atoms with Crippen LogP contribution >= 0.6 is 11.6 Å². The lowest BCUT2D eigenvalue weighted by molar-refractivity contribution is -0.384. The number of hydrazone groups is 1. The summed E-state index contributed by atoms with van der Waals surface area (Å²) < 4.78 is 5.28. The summed E-state index contributed by atoms with van der Waals surface area (Å²) in [6.45, 7) is 0. The zero-order valence-electron chi connectivity index (χ0n) is 15.3. The molecule has 3 aromatic rings. The molecule has 8 nitrogen and oxygen atoms in total. The molecule has 1 amide bonds. The Morgan fingerprint density at radius 2 is 1.53 bits per heavy atom. The number of ether oxygens (including phenoxy) is 1. The molecule has 0 aliphatic heterocycles. The fourth-order valence-electron chi connectivity index (χ4n) is 2.34. The van der Waals surface area contributed by atoms with Crippen molar-refractivity contribution in [3.05, 3.63) is 105 Å². The minimum Gasteiger partial charge on any atom is -0.423 e. The summed E-state index contributed by atoms with van der Waals surface area (Å²) in [5, 5.41) is 15.0. The summed E-state index contributed by atoms with van der Waals surface area (Å²) in [7, 11) is 0. The van der Waals surface area contributed by atoms with E-state index in [1.165, 1.54) is 30.5 Å². The Kier molecular flexibility index (Phi) is 6.51. The lowest BCUT2D eigenvalue weighted by atomic mass is 10.2. The average Bonchev–Trinajstić information content (AvgIpc) is 2.75. The van der Waals surface area contributed by atoms with Crippen LogP contribution in [0.2, 0.25) is 5.02 Å². The Morgan fingerprint density at radius 3 is 2.13 bits per heavy atom. The molecule has 0 bridgehead atoms. The van der Waals surface area contributed by atoms with Gasteiger partial charge in [-0.05, 0) is 66.2 Å². The van der Waals surface area contributed by atoms with E-state index in [4.69, 9.17) is 16.3 Å². The van der Waals surface area contributed by atoms with Crippen LogP contribution in [0.1, 0.15) is 26.3 Å². The van der Waals surface area contributed by atoms with Crippen molar-refractivity contribution in [3.8, 4) is 5.75 Å². The number of hydrogen-bond donors (Lipinski definition) is 1. The van der Waals surface area contributed by atoms with E-state index < -0.39 is 16.8 Å². The topological polar surface area (TPSA) is 111 Å². The third-order valence-electron chi connectivity index (χ3n) is 3.89. The van der Waals surface area contributed by atoms with E-state index in [2.05, 4.69) is 10.5 Å². The first kappa shape index (κ1) is 20.7. The van der Waals surface area contributed by atoms with Crippen molar-refractivity contribution in [2.45, 2.75) is 0 Å². The Hall–Kier alpha value is -4.04. The van der Waals surface area contributed by atoms with Crippen molar-refractivity contribution in [1.29, 1.82) is 0 Å². The molecule has 0 heterocycles. The summed E-state index contributed by atoms with van der Waals surface area (Å²) in [5.74, 6) is -0.667. The number of carbonyl (C=O) groups excluding carboxylic acids is 2. The molecule has 3 rings (SSSR count). The third kappa shape index (κ3) is 5.49. The Labute approximate surface area is 175 Å². The molecule has 30 heavy (non-hydrogen) atoms. The van der Waals surface area contributed by atoms with Crippen molar-refractivity contribution >= 4 is 35.4 Å². The first-order valence-electron chi connectivity index (χ1n) is 8.58. The van der Waals surface area contributed by atoms with E-state index in [0.29, 0.717) is 21.9 Å². The molecular weight excluding hydrogens is 410 g/mol. The summed E-state index contributed by atoms with van der Waals surface area (Å²) >= 11 is 5.79. The van der Waals surface area contributed by atoms with Crippen LogP contribution in [0.3, 0.4) is 0 Å². The molecule has 0 spiro atoms. The number of nitro benzene ring substituents is 1. The highest BCUT2D eigenvalue weighted by Crippen LogP contribution is 2.15. The second-order valence-corrected chi connectivity index (χ2v) is 6.40. The van der Waals surface area contributed by atoms with E-state index in [1.54, 1.807) is 48.5 Å². The fourth-order valence-corrected chi connectivity index (χ4v) is 2.46. The second-order valence-electron chi connectivity index (χ2n) is 5.97. The molecule has 0 atom stereocenters. The van der Waals surface area contributed by atoms with Gasteiger partial charge in [0.05, 0.1) is 16.7 Å². The van der Waals surface area contributed by atoms with Gasteiger partial charge in [-0.1, -0.05) is 11.6 Å². The predicted molar refractivity (Wildman–Crippen MR) is 111 cm³/mol. The predicted octanol–water partition coefficient (Wildman–Crippen LogP) is 4.23. The highest BCUT2D eigenvalue weighted by Gasteiger charge is 2.09. The van der Waals surface area contributed by atoms with E-state index >= 15 is 0 Å². The number of hydrogen-bond acceptors (Lipinski definition) is 6. The van der Waals surface area contributed by atoms with Crippen molar-refractivity contribution in [1.82, 2.24) is 5.43 Å². The minimum atomic E-state index is -0.545. The van der Waals surface area contributed by atoms with Crippen LogP contribution in [0.25, 0.3) is 0 Å². The Balaban J connectivity index is 1.55. The average molecular weight is 424 g/mol. The third-order valence-corrected chi connectivity index (χ3v) is 4.14. The van der Waals surface area contributed by atoms with E-state index in [-0.39, 0.29) is 11.3 Å². The molecule has 0 saturated carbocycles. The fraction of sp³-hybridized carbons (Fsp3) is 0. The number of nitrogens with one attached hydrogen (secondary N) is 1. The molecule has 0 saturated heterocycles. The molecular formula is C21H14ClN3O5. The standard InChI is InChI=1S/C21H14ClN3O5/c22-17-7-3-16(4-8-17)21(27)30-19-11-1-14(2-12-19)13-23-24-20(26)15-5-9-18(10-6-15)25(28)29/h1-13H,(H,24,26). The van der Waals surface area contributed by atoms with Crippen molar-refractivity contribution in [2.24, 2.45) is 5.10 Å². The van der Waals surface area contributed by atoms with Crippen LogP contribution in [-0.4, -0.2) is 23.0 Å². The number of halogens is 1. The molecule has 0 radical (unpaired) electrons. The maximum atomic E-state index is 12.1. The summed E-state index contributed by atoms with van der Waals surface area (Å²) in [4.78, 5) is 34.1. The minimum absolute atomic E-state index is 0.105.